The normalized spacial score (nSPS) is 13.8. The van der Waals surface area contributed by atoms with E-state index in [1.54, 1.807) is 25.3 Å². The van der Waals surface area contributed by atoms with Gasteiger partial charge in [-0.1, -0.05) is 25.1 Å². The first-order chi connectivity index (χ1) is 13.5. The second kappa shape index (κ2) is 8.87. The molecule has 2 heterocycles. The number of carbonyl (C=O) groups excluding carboxylic acids is 2. The Kier molecular flexibility index (Phi) is 6.29. The molecule has 28 heavy (non-hydrogen) atoms. The summed E-state index contributed by atoms with van der Waals surface area (Å²) in [6, 6.07) is 11.9. The summed E-state index contributed by atoms with van der Waals surface area (Å²) in [5.41, 5.74) is 3.06. The van der Waals surface area contributed by atoms with E-state index in [0.717, 1.165) is 24.3 Å². The number of amides is 2. The Bertz CT molecular complexity index is 829. The van der Waals surface area contributed by atoms with E-state index >= 15 is 0 Å². The lowest BCUT2D eigenvalue weighted by Gasteiger charge is -2.40. The topological polar surface area (TPSA) is 62.7 Å². The van der Waals surface area contributed by atoms with E-state index in [1.165, 1.54) is 5.56 Å². The van der Waals surface area contributed by atoms with Gasteiger partial charge in [0.15, 0.2) is 0 Å². The van der Waals surface area contributed by atoms with Gasteiger partial charge in [0.2, 0.25) is 17.7 Å². The van der Waals surface area contributed by atoms with Crippen LogP contribution in [0.2, 0.25) is 0 Å². The van der Waals surface area contributed by atoms with Crippen LogP contribution in [0.1, 0.15) is 36.8 Å². The largest absolute Gasteiger partial charge is 0.481 e. The van der Waals surface area contributed by atoms with Gasteiger partial charge in [0.1, 0.15) is 0 Å². The third-order valence-electron chi connectivity index (χ3n) is 5.31. The molecule has 0 atom stereocenters. The Labute approximate surface area is 166 Å². The molecule has 0 bridgehead atoms. The highest BCUT2D eigenvalue weighted by Gasteiger charge is 2.31. The van der Waals surface area contributed by atoms with Gasteiger partial charge in [0, 0.05) is 56.3 Å². The summed E-state index contributed by atoms with van der Waals surface area (Å²) in [5, 5.41) is 0. The zero-order chi connectivity index (χ0) is 20.1. The molecule has 1 aromatic heterocycles. The van der Waals surface area contributed by atoms with Gasteiger partial charge in [-0.05, 0) is 30.2 Å². The molecule has 0 unspecified atom stereocenters. The third-order valence-corrected chi connectivity index (χ3v) is 5.31. The highest BCUT2D eigenvalue weighted by molar-refractivity contribution is 5.92. The maximum absolute atomic E-state index is 12.4. The standard InChI is InChI=1S/C22H27N3O3/c1-4-20(26)24(2)19-10-7-16(8-11-19)18-14-25(15-18)21(27)12-9-17-6-5-13-23-22(17)28-3/h5-8,10-11,13,18H,4,9,12,14-15H2,1-3H3. The van der Waals surface area contributed by atoms with Crippen molar-refractivity contribution >= 4 is 17.5 Å². The number of rotatable bonds is 7. The van der Waals surface area contributed by atoms with E-state index in [1.807, 2.05) is 36.1 Å². The number of pyridine rings is 1. The van der Waals surface area contributed by atoms with Crippen LogP contribution in [0.5, 0.6) is 5.88 Å². The molecular weight excluding hydrogens is 354 g/mol. The van der Waals surface area contributed by atoms with Crippen molar-refractivity contribution in [2.24, 2.45) is 0 Å². The zero-order valence-corrected chi connectivity index (χ0v) is 16.7. The molecule has 2 aromatic rings. The fourth-order valence-electron chi connectivity index (χ4n) is 3.44. The van der Waals surface area contributed by atoms with Gasteiger partial charge in [0.25, 0.3) is 0 Å². The Morgan fingerprint density at radius 3 is 2.57 bits per heavy atom. The average Bonchev–Trinajstić information content (AvgIpc) is 2.70. The summed E-state index contributed by atoms with van der Waals surface area (Å²) in [6.45, 7) is 3.34. The summed E-state index contributed by atoms with van der Waals surface area (Å²) >= 11 is 0. The number of likely N-dealkylation sites (tertiary alicyclic amines) is 1. The fraction of sp³-hybridized carbons (Fsp3) is 0.409. The van der Waals surface area contributed by atoms with Gasteiger partial charge in [-0.15, -0.1) is 0 Å². The van der Waals surface area contributed by atoms with Crippen LogP contribution in [0.25, 0.3) is 0 Å². The maximum atomic E-state index is 12.4. The van der Waals surface area contributed by atoms with Crippen LogP contribution in [-0.4, -0.2) is 48.9 Å². The minimum atomic E-state index is 0.0958. The van der Waals surface area contributed by atoms with Crippen LogP contribution in [0.15, 0.2) is 42.6 Å². The fourth-order valence-corrected chi connectivity index (χ4v) is 3.44. The smallest absolute Gasteiger partial charge is 0.226 e. The lowest BCUT2D eigenvalue weighted by molar-refractivity contribution is -0.135. The minimum Gasteiger partial charge on any atom is -0.481 e. The molecule has 3 rings (SSSR count). The van der Waals surface area contributed by atoms with Crippen molar-refractivity contribution in [3.05, 3.63) is 53.7 Å². The lowest BCUT2D eigenvalue weighted by Crippen LogP contribution is -2.48. The molecule has 0 N–H and O–H groups in total. The number of carbonyl (C=O) groups is 2. The number of anilines is 1. The number of aromatic nitrogens is 1. The third kappa shape index (κ3) is 4.32. The number of methoxy groups -OCH3 is 1. The molecule has 0 aliphatic carbocycles. The minimum absolute atomic E-state index is 0.0958. The van der Waals surface area contributed by atoms with Crippen LogP contribution in [0.4, 0.5) is 5.69 Å². The molecule has 0 radical (unpaired) electrons. The molecular formula is C22H27N3O3. The predicted molar refractivity (Wildman–Crippen MR) is 109 cm³/mol. The summed E-state index contributed by atoms with van der Waals surface area (Å²) in [6.07, 6.45) is 3.26. The zero-order valence-electron chi connectivity index (χ0n) is 16.7. The van der Waals surface area contributed by atoms with E-state index in [-0.39, 0.29) is 11.8 Å². The van der Waals surface area contributed by atoms with Crippen LogP contribution in [0.3, 0.4) is 0 Å². The van der Waals surface area contributed by atoms with Crippen molar-refractivity contribution < 1.29 is 14.3 Å². The molecule has 2 amide bonds. The molecule has 1 fully saturated rings. The molecule has 6 nitrogen and oxygen atoms in total. The van der Waals surface area contributed by atoms with Crippen LogP contribution < -0.4 is 9.64 Å². The average molecular weight is 381 g/mol. The molecule has 0 spiro atoms. The number of ether oxygens (including phenoxy) is 1. The molecule has 0 saturated carbocycles. The van der Waals surface area contributed by atoms with Crippen LogP contribution in [-0.2, 0) is 16.0 Å². The van der Waals surface area contributed by atoms with E-state index in [0.29, 0.717) is 31.1 Å². The summed E-state index contributed by atoms with van der Waals surface area (Å²) in [5.74, 6) is 1.20. The predicted octanol–water partition coefficient (Wildman–Crippen LogP) is 3.02. The van der Waals surface area contributed by atoms with Crippen LogP contribution >= 0.6 is 0 Å². The maximum Gasteiger partial charge on any atom is 0.226 e. The SMILES string of the molecule is CCC(=O)N(C)c1ccc(C2CN(C(=O)CCc3cccnc3OC)C2)cc1. The molecule has 6 heteroatoms. The molecule has 148 valence electrons. The second-order valence-corrected chi connectivity index (χ2v) is 7.07. The van der Waals surface area contributed by atoms with Gasteiger partial charge in [0.05, 0.1) is 7.11 Å². The van der Waals surface area contributed by atoms with E-state index in [9.17, 15) is 9.59 Å². The first-order valence-electron chi connectivity index (χ1n) is 9.65. The number of aryl methyl sites for hydroxylation is 1. The Morgan fingerprint density at radius 1 is 1.21 bits per heavy atom. The first kappa shape index (κ1) is 19.9. The van der Waals surface area contributed by atoms with Crippen molar-refractivity contribution in [2.45, 2.75) is 32.1 Å². The summed E-state index contributed by atoms with van der Waals surface area (Å²) in [7, 11) is 3.39. The summed E-state index contributed by atoms with van der Waals surface area (Å²) < 4.78 is 5.24. The van der Waals surface area contributed by atoms with Crippen molar-refractivity contribution in [1.29, 1.82) is 0 Å². The number of hydrogen-bond acceptors (Lipinski definition) is 4. The number of nitrogens with zero attached hydrogens (tertiary/aromatic N) is 3. The highest BCUT2D eigenvalue weighted by atomic mass is 16.5. The molecule has 1 saturated heterocycles. The van der Waals surface area contributed by atoms with Gasteiger partial charge < -0.3 is 14.5 Å². The van der Waals surface area contributed by atoms with Crippen molar-refractivity contribution in [2.75, 3.05) is 32.1 Å². The first-order valence-corrected chi connectivity index (χ1v) is 9.65. The Balaban J connectivity index is 1.50. The molecule has 1 aliphatic rings. The Morgan fingerprint density at radius 2 is 1.93 bits per heavy atom. The van der Waals surface area contributed by atoms with Crippen molar-refractivity contribution in [1.82, 2.24) is 9.88 Å². The number of benzene rings is 1. The van der Waals surface area contributed by atoms with Gasteiger partial charge >= 0.3 is 0 Å². The second-order valence-electron chi connectivity index (χ2n) is 7.07. The molecule has 1 aromatic carbocycles. The van der Waals surface area contributed by atoms with Crippen molar-refractivity contribution in [3.63, 3.8) is 0 Å². The van der Waals surface area contributed by atoms with E-state index in [4.69, 9.17) is 4.74 Å². The van der Waals surface area contributed by atoms with Crippen LogP contribution in [0, 0.1) is 0 Å². The van der Waals surface area contributed by atoms with Gasteiger partial charge in [-0.3, -0.25) is 9.59 Å². The van der Waals surface area contributed by atoms with E-state index in [2.05, 4.69) is 17.1 Å². The monoisotopic (exact) mass is 381 g/mol. The van der Waals surface area contributed by atoms with Gasteiger partial charge in [-0.25, -0.2) is 4.98 Å². The highest BCUT2D eigenvalue weighted by Crippen LogP contribution is 2.29. The lowest BCUT2D eigenvalue weighted by atomic mass is 9.90. The number of hydrogen-bond donors (Lipinski definition) is 0. The van der Waals surface area contributed by atoms with E-state index < -0.39 is 0 Å². The molecule has 1 aliphatic heterocycles. The van der Waals surface area contributed by atoms with Crippen molar-refractivity contribution in [3.8, 4) is 5.88 Å². The Hall–Kier alpha value is -2.89. The van der Waals surface area contributed by atoms with Gasteiger partial charge in [-0.2, -0.15) is 0 Å². The summed E-state index contributed by atoms with van der Waals surface area (Å²) in [4.78, 5) is 32.0. The quantitative estimate of drug-likeness (QED) is 0.740.